The lowest BCUT2D eigenvalue weighted by atomic mass is 9.96. The number of rotatable bonds is 2. The van der Waals surface area contributed by atoms with Crippen molar-refractivity contribution in [1.29, 1.82) is 0 Å². The van der Waals surface area contributed by atoms with E-state index >= 15 is 0 Å². The Morgan fingerprint density at radius 2 is 1.92 bits per heavy atom. The average Bonchev–Trinajstić information content (AvgIpc) is 2.51. The molecule has 0 aromatic carbocycles. The molecule has 0 bridgehead atoms. The predicted octanol–water partition coefficient (Wildman–Crippen LogP) is 1.94. The smallest absolute Gasteiger partial charge is 0.331 e. The number of oxime groups is 1. The van der Waals surface area contributed by atoms with Gasteiger partial charge in [-0.25, -0.2) is 9.59 Å². The van der Waals surface area contributed by atoms with Crippen molar-refractivity contribution >= 4 is 31.6 Å². The molecule has 2 saturated heterocycles. The fourth-order valence-electron chi connectivity index (χ4n) is 3.14. The van der Waals surface area contributed by atoms with Gasteiger partial charge in [0.2, 0.25) is 0 Å². The maximum absolute atomic E-state index is 12.6. The van der Waals surface area contributed by atoms with Crippen LogP contribution in [0.5, 0.6) is 0 Å². The molecule has 7 nitrogen and oxygen atoms in total. The lowest BCUT2D eigenvalue weighted by Gasteiger charge is -2.44. The fraction of sp³-hybridized carbons (Fsp3) is 0.750. The van der Waals surface area contributed by atoms with Gasteiger partial charge in [-0.05, 0) is 33.2 Å². The van der Waals surface area contributed by atoms with Gasteiger partial charge >= 0.3 is 11.9 Å². The average molecular weight is 354 g/mol. The van der Waals surface area contributed by atoms with Crippen LogP contribution < -0.4 is 0 Å². The number of hydrogen-bond acceptors (Lipinski definition) is 6. The minimum atomic E-state index is -1.59. The number of ether oxygens (including phenoxy) is 1. The van der Waals surface area contributed by atoms with Crippen LogP contribution in [-0.2, 0) is 24.0 Å². The van der Waals surface area contributed by atoms with E-state index in [4.69, 9.17) is 4.74 Å². The molecule has 0 saturated carbocycles. The highest BCUT2D eigenvalue weighted by atomic mass is 28.3. The third-order valence-electron chi connectivity index (χ3n) is 4.23. The Morgan fingerprint density at radius 1 is 1.29 bits per heavy atom. The molecule has 2 aliphatic heterocycles. The summed E-state index contributed by atoms with van der Waals surface area (Å²) in [5.74, 6) is -1.29. The van der Waals surface area contributed by atoms with Crippen LogP contribution >= 0.6 is 0 Å². The van der Waals surface area contributed by atoms with E-state index < -0.39 is 25.7 Å². The molecule has 2 fully saturated rings. The van der Waals surface area contributed by atoms with Gasteiger partial charge in [-0.3, -0.25) is 4.79 Å². The van der Waals surface area contributed by atoms with Crippen LogP contribution in [0.3, 0.4) is 0 Å². The van der Waals surface area contributed by atoms with Crippen LogP contribution in [0.1, 0.15) is 34.1 Å². The van der Waals surface area contributed by atoms with Gasteiger partial charge in [-0.15, -0.1) is 0 Å². The van der Waals surface area contributed by atoms with Crippen molar-refractivity contribution in [3.8, 4) is 0 Å². The topological polar surface area (TPSA) is 85.3 Å². The maximum Gasteiger partial charge on any atom is 0.331 e. The number of nitrogens with zero attached hydrogens (tertiary/aromatic N) is 2. The predicted molar refractivity (Wildman–Crippen MR) is 91.2 cm³/mol. The molecule has 0 aliphatic carbocycles. The van der Waals surface area contributed by atoms with Gasteiger partial charge in [0.1, 0.15) is 11.6 Å². The number of carbonyl (C=O) groups excluding carboxylic acids is 3. The van der Waals surface area contributed by atoms with Crippen LogP contribution in [0.4, 0.5) is 0 Å². The summed E-state index contributed by atoms with van der Waals surface area (Å²) in [6, 6.07) is 0.877. The molecular weight excluding hydrogens is 328 g/mol. The van der Waals surface area contributed by atoms with Crippen LogP contribution in [0.15, 0.2) is 5.16 Å². The first-order chi connectivity index (χ1) is 10.9. The second-order valence-electron chi connectivity index (χ2n) is 8.24. The highest BCUT2D eigenvalue weighted by Crippen LogP contribution is 2.37. The molecule has 24 heavy (non-hydrogen) atoms. The van der Waals surface area contributed by atoms with Crippen molar-refractivity contribution in [3.63, 3.8) is 0 Å². The normalized spacial score (nSPS) is 27.8. The standard InChI is InChI=1S/C16H26N2O5Si/c1-10(19)23-17-13-12-9-24(5,6)8-7-11(18(12)14(13)20)15(21)22-16(2,3)4/h11-12H,7-9H2,1-6H3/b17-13+/t11-,12+/m0/s1. The summed E-state index contributed by atoms with van der Waals surface area (Å²) in [5, 5.41) is 3.72. The molecule has 0 unspecified atom stereocenters. The van der Waals surface area contributed by atoms with Crippen molar-refractivity contribution in [2.24, 2.45) is 5.16 Å². The van der Waals surface area contributed by atoms with Gasteiger partial charge in [-0.1, -0.05) is 24.3 Å². The lowest BCUT2D eigenvalue weighted by Crippen LogP contribution is -2.67. The molecule has 0 N–H and O–H groups in total. The summed E-state index contributed by atoms with van der Waals surface area (Å²) >= 11 is 0. The molecule has 8 heteroatoms. The van der Waals surface area contributed by atoms with Crippen molar-refractivity contribution in [2.45, 2.75) is 77.0 Å². The molecular formula is C16H26N2O5Si. The van der Waals surface area contributed by atoms with E-state index in [0.717, 1.165) is 12.1 Å². The highest BCUT2D eigenvalue weighted by Gasteiger charge is 2.54. The summed E-state index contributed by atoms with van der Waals surface area (Å²) in [6.07, 6.45) is 0.608. The summed E-state index contributed by atoms with van der Waals surface area (Å²) in [5.41, 5.74) is -0.366. The SMILES string of the molecule is CC(=O)O/N=C1/C(=O)N2[C@@H]1C[Si](C)(C)CC[C@H]2C(=O)OC(C)(C)C. The molecule has 2 aliphatic rings. The van der Waals surface area contributed by atoms with Crippen molar-refractivity contribution in [1.82, 2.24) is 4.90 Å². The largest absolute Gasteiger partial charge is 0.458 e. The Bertz CT molecular complexity index is 594. The summed E-state index contributed by atoms with van der Waals surface area (Å²) < 4.78 is 5.49. The third-order valence-corrected chi connectivity index (χ3v) is 7.37. The van der Waals surface area contributed by atoms with Gasteiger partial charge in [0, 0.05) is 15.0 Å². The zero-order chi connectivity index (χ0) is 18.3. The third kappa shape index (κ3) is 4.03. The first kappa shape index (κ1) is 18.6. The molecule has 0 aromatic heterocycles. The van der Waals surface area contributed by atoms with E-state index in [1.165, 1.54) is 6.92 Å². The van der Waals surface area contributed by atoms with Crippen molar-refractivity contribution in [2.75, 3.05) is 0 Å². The molecule has 134 valence electrons. The number of β-lactam (4-membered cyclic amide) rings is 1. The van der Waals surface area contributed by atoms with E-state index in [1.807, 2.05) is 20.8 Å². The second kappa shape index (κ2) is 6.31. The number of carbonyl (C=O) groups is 3. The van der Waals surface area contributed by atoms with E-state index in [9.17, 15) is 14.4 Å². The fourth-order valence-corrected chi connectivity index (χ4v) is 5.84. The monoisotopic (exact) mass is 354 g/mol. The molecule has 0 radical (unpaired) electrons. The number of fused-ring (bicyclic) bond motifs is 1. The Hall–Kier alpha value is -1.70. The first-order valence-electron chi connectivity index (χ1n) is 8.22. The number of esters is 1. The molecule has 2 atom stereocenters. The first-order valence-corrected chi connectivity index (χ1v) is 11.6. The molecule has 1 amide bonds. The van der Waals surface area contributed by atoms with Gasteiger partial charge < -0.3 is 14.5 Å². The minimum Gasteiger partial charge on any atom is -0.458 e. The van der Waals surface area contributed by atoms with Gasteiger partial charge in [0.15, 0.2) is 5.71 Å². The molecule has 2 rings (SSSR count). The van der Waals surface area contributed by atoms with E-state index in [0.29, 0.717) is 6.42 Å². The van der Waals surface area contributed by atoms with Gasteiger partial charge in [0.25, 0.3) is 5.91 Å². The van der Waals surface area contributed by atoms with Gasteiger partial charge in [0.05, 0.1) is 6.04 Å². The van der Waals surface area contributed by atoms with E-state index in [-0.39, 0.29) is 23.6 Å². The second-order valence-corrected chi connectivity index (χ2v) is 13.5. The summed E-state index contributed by atoms with van der Waals surface area (Å²) in [4.78, 5) is 42.2. The van der Waals surface area contributed by atoms with Gasteiger partial charge in [-0.2, -0.15) is 0 Å². The Balaban J connectivity index is 2.26. The highest BCUT2D eigenvalue weighted by molar-refractivity contribution is 6.78. The zero-order valence-corrected chi connectivity index (χ0v) is 16.2. The molecule has 2 heterocycles. The number of hydrogen-bond donors (Lipinski definition) is 0. The van der Waals surface area contributed by atoms with Crippen LogP contribution in [0.2, 0.25) is 25.2 Å². The Labute approximate surface area is 143 Å². The van der Waals surface area contributed by atoms with Crippen LogP contribution in [0, 0.1) is 0 Å². The maximum atomic E-state index is 12.6. The zero-order valence-electron chi connectivity index (χ0n) is 15.2. The van der Waals surface area contributed by atoms with Crippen LogP contribution in [-0.4, -0.2) is 54.2 Å². The van der Waals surface area contributed by atoms with E-state index in [1.54, 1.807) is 4.90 Å². The molecule has 0 aromatic rings. The van der Waals surface area contributed by atoms with E-state index in [2.05, 4.69) is 23.1 Å². The number of amides is 1. The van der Waals surface area contributed by atoms with Crippen molar-refractivity contribution in [3.05, 3.63) is 0 Å². The Morgan fingerprint density at radius 3 is 2.46 bits per heavy atom. The van der Waals surface area contributed by atoms with Crippen molar-refractivity contribution < 1.29 is 24.0 Å². The minimum absolute atomic E-state index is 0.237. The summed E-state index contributed by atoms with van der Waals surface area (Å²) in [7, 11) is -1.59. The lowest BCUT2D eigenvalue weighted by molar-refractivity contribution is -0.166. The Kier molecular flexibility index (Phi) is 4.90. The molecule has 0 spiro atoms. The van der Waals surface area contributed by atoms with Crippen LogP contribution in [0.25, 0.3) is 0 Å². The quantitative estimate of drug-likeness (QED) is 0.249. The summed E-state index contributed by atoms with van der Waals surface area (Å²) in [6.45, 7) is 11.1.